The Balaban J connectivity index is 2.84. The molecule has 14 heavy (non-hydrogen) atoms. The molecule has 0 radical (unpaired) electrons. The largest absolute Gasteiger partial charge is 0.327 e. The Labute approximate surface area is 88.1 Å². The predicted octanol–water partition coefficient (Wildman–Crippen LogP) is 3.27. The summed E-state index contributed by atoms with van der Waals surface area (Å²) in [7, 11) is 0. The molecule has 1 aliphatic carbocycles. The standard InChI is InChI=1S/C13H23N/c1-5-9(3)12-8-11(6-2)13(14)7-10(12)4/h5,10-11,13H,1,6-8,14H2,2-4H3/b12-9-. The summed E-state index contributed by atoms with van der Waals surface area (Å²) in [6.07, 6.45) is 5.49. The summed E-state index contributed by atoms with van der Waals surface area (Å²) >= 11 is 0. The molecule has 1 saturated carbocycles. The van der Waals surface area contributed by atoms with Crippen LogP contribution in [0.4, 0.5) is 0 Å². The van der Waals surface area contributed by atoms with Crippen molar-refractivity contribution in [3.8, 4) is 0 Å². The molecule has 80 valence electrons. The topological polar surface area (TPSA) is 26.0 Å². The third kappa shape index (κ3) is 2.27. The number of hydrogen-bond donors (Lipinski definition) is 1. The molecule has 1 fully saturated rings. The zero-order chi connectivity index (χ0) is 10.7. The normalized spacial score (nSPS) is 36.7. The summed E-state index contributed by atoms with van der Waals surface area (Å²) in [5.41, 5.74) is 9.08. The van der Waals surface area contributed by atoms with E-state index >= 15 is 0 Å². The van der Waals surface area contributed by atoms with E-state index in [1.54, 1.807) is 5.57 Å². The summed E-state index contributed by atoms with van der Waals surface area (Å²) in [5.74, 6) is 1.32. The third-order valence-corrected chi connectivity index (χ3v) is 3.65. The van der Waals surface area contributed by atoms with Crippen LogP contribution in [0.5, 0.6) is 0 Å². The molecule has 0 aliphatic heterocycles. The van der Waals surface area contributed by atoms with Crippen LogP contribution in [0.15, 0.2) is 23.8 Å². The molecule has 1 rings (SSSR count). The van der Waals surface area contributed by atoms with Gasteiger partial charge < -0.3 is 5.73 Å². The van der Waals surface area contributed by atoms with Gasteiger partial charge in [-0.2, -0.15) is 0 Å². The van der Waals surface area contributed by atoms with Gasteiger partial charge in [0.05, 0.1) is 0 Å². The van der Waals surface area contributed by atoms with Crippen molar-refractivity contribution in [2.45, 2.75) is 46.1 Å². The quantitative estimate of drug-likeness (QED) is 0.715. The van der Waals surface area contributed by atoms with E-state index < -0.39 is 0 Å². The first-order valence-electron chi connectivity index (χ1n) is 5.67. The molecule has 1 nitrogen and oxygen atoms in total. The average Bonchev–Trinajstić information content (AvgIpc) is 2.17. The second-order valence-corrected chi connectivity index (χ2v) is 4.59. The maximum Gasteiger partial charge on any atom is 0.00757 e. The zero-order valence-corrected chi connectivity index (χ0v) is 9.72. The highest BCUT2D eigenvalue weighted by molar-refractivity contribution is 5.26. The fourth-order valence-electron chi connectivity index (χ4n) is 2.51. The highest BCUT2D eigenvalue weighted by atomic mass is 14.7. The van der Waals surface area contributed by atoms with Gasteiger partial charge in [0.25, 0.3) is 0 Å². The molecular weight excluding hydrogens is 170 g/mol. The molecule has 0 spiro atoms. The fourth-order valence-corrected chi connectivity index (χ4v) is 2.51. The first-order valence-corrected chi connectivity index (χ1v) is 5.67. The molecule has 1 heteroatoms. The van der Waals surface area contributed by atoms with Gasteiger partial charge in [0.2, 0.25) is 0 Å². The molecule has 0 heterocycles. The number of hydrogen-bond acceptors (Lipinski definition) is 1. The van der Waals surface area contributed by atoms with E-state index in [-0.39, 0.29) is 0 Å². The highest BCUT2D eigenvalue weighted by Crippen LogP contribution is 2.35. The van der Waals surface area contributed by atoms with E-state index in [4.69, 9.17) is 5.73 Å². The minimum absolute atomic E-state index is 0.399. The van der Waals surface area contributed by atoms with Crippen LogP contribution in [0.2, 0.25) is 0 Å². The van der Waals surface area contributed by atoms with Gasteiger partial charge in [0.15, 0.2) is 0 Å². The van der Waals surface area contributed by atoms with Gasteiger partial charge in [0.1, 0.15) is 0 Å². The number of allylic oxidation sites excluding steroid dienone is 3. The van der Waals surface area contributed by atoms with E-state index in [0.29, 0.717) is 17.9 Å². The van der Waals surface area contributed by atoms with Gasteiger partial charge in [-0.05, 0) is 31.6 Å². The van der Waals surface area contributed by atoms with Gasteiger partial charge in [-0.15, -0.1) is 0 Å². The lowest BCUT2D eigenvalue weighted by molar-refractivity contribution is 0.302. The van der Waals surface area contributed by atoms with Crippen molar-refractivity contribution in [1.29, 1.82) is 0 Å². The van der Waals surface area contributed by atoms with E-state index in [1.807, 2.05) is 6.08 Å². The molecule has 0 aromatic heterocycles. The van der Waals surface area contributed by atoms with Gasteiger partial charge in [0, 0.05) is 6.04 Å². The van der Waals surface area contributed by atoms with Crippen molar-refractivity contribution >= 4 is 0 Å². The van der Waals surface area contributed by atoms with Crippen LogP contribution < -0.4 is 5.73 Å². The SMILES string of the molecule is C=C/C(C)=C1/CC(CC)C(N)CC1C. The molecule has 0 aromatic rings. The van der Waals surface area contributed by atoms with Gasteiger partial charge in [-0.25, -0.2) is 0 Å². The highest BCUT2D eigenvalue weighted by Gasteiger charge is 2.28. The lowest BCUT2D eigenvalue weighted by Gasteiger charge is -2.35. The Morgan fingerprint density at radius 2 is 2.29 bits per heavy atom. The van der Waals surface area contributed by atoms with Crippen LogP contribution in [-0.2, 0) is 0 Å². The lowest BCUT2D eigenvalue weighted by atomic mass is 9.73. The van der Waals surface area contributed by atoms with Crippen LogP contribution in [0, 0.1) is 11.8 Å². The molecule has 0 amide bonds. The van der Waals surface area contributed by atoms with E-state index in [2.05, 4.69) is 27.4 Å². The first kappa shape index (κ1) is 11.5. The minimum atomic E-state index is 0.399. The van der Waals surface area contributed by atoms with Crippen molar-refractivity contribution in [2.75, 3.05) is 0 Å². The Morgan fingerprint density at radius 3 is 2.79 bits per heavy atom. The Bertz CT molecular complexity index is 240. The molecular formula is C13H23N. The van der Waals surface area contributed by atoms with E-state index in [1.165, 1.54) is 18.4 Å². The lowest BCUT2D eigenvalue weighted by Crippen LogP contribution is -2.36. The summed E-state index contributed by atoms with van der Waals surface area (Å²) in [5, 5.41) is 0. The average molecular weight is 193 g/mol. The summed E-state index contributed by atoms with van der Waals surface area (Å²) in [4.78, 5) is 0. The molecule has 2 N–H and O–H groups in total. The monoisotopic (exact) mass is 193 g/mol. The molecule has 3 unspecified atom stereocenters. The van der Waals surface area contributed by atoms with Gasteiger partial charge in [-0.3, -0.25) is 0 Å². The molecule has 1 aliphatic rings. The van der Waals surface area contributed by atoms with Crippen molar-refractivity contribution in [1.82, 2.24) is 0 Å². The number of rotatable bonds is 2. The fraction of sp³-hybridized carbons (Fsp3) is 0.692. The summed E-state index contributed by atoms with van der Waals surface area (Å²) in [6, 6.07) is 0.399. The van der Waals surface area contributed by atoms with E-state index in [0.717, 1.165) is 6.42 Å². The second kappa shape index (κ2) is 4.79. The Kier molecular flexibility index (Phi) is 3.94. The van der Waals surface area contributed by atoms with Crippen LogP contribution in [0.25, 0.3) is 0 Å². The van der Waals surface area contributed by atoms with Crippen molar-refractivity contribution in [3.63, 3.8) is 0 Å². The number of nitrogens with two attached hydrogens (primary N) is 1. The molecule has 3 atom stereocenters. The van der Waals surface area contributed by atoms with Crippen molar-refractivity contribution < 1.29 is 0 Å². The molecule has 0 aromatic carbocycles. The van der Waals surface area contributed by atoms with Crippen LogP contribution >= 0.6 is 0 Å². The van der Waals surface area contributed by atoms with Gasteiger partial charge in [-0.1, -0.05) is 44.1 Å². The Hall–Kier alpha value is -0.560. The predicted molar refractivity (Wildman–Crippen MR) is 63.1 cm³/mol. The maximum atomic E-state index is 6.14. The van der Waals surface area contributed by atoms with Crippen LogP contribution in [0.1, 0.15) is 40.0 Å². The third-order valence-electron chi connectivity index (χ3n) is 3.65. The summed E-state index contributed by atoms with van der Waals surface area (Å²) in [6.45, 7) is 10.5. The summed E-state index contributed by atoms with van der Waals surface area (Å²) < 4.78 is 0. The zero-order valence-electron chi connectivity index (χ0n) is 9.72. The minimum Gasteiger partial charge on any atom is -0.327 e. The Morgan fingerprint density at radius 1 is 1.64 bits per heavy atom. The molecule has 0 bridgehead atoms. The molecule has 0 saturated heterocycles. The van der Waals surface area contributed by atoms with Crippen molar-refractivity contribution in [3.05, 3.63) is 23.8 Å². The van der Waals surface area contributed by atoms with Crippen LogP contribution in [0.3, 0.4) is 0 Å². The first-order chi connectivity index (χ1) is 6.60. The van der Waals surface area contributed by atoms with E-state index in [9.17, 15) is 0 Å². The van der Waals surface area contributed by atoms with Crippen molar-refractivity contribution in [2.24, 2.45) is 17.6 Å². The van der Waals surface area contributed by atoms with Gasteiger partial charge >= 0.3 is 0 Å². The van der Waals surface area contributed by atoms with Crippen LogP contribution in [-0.4, -0.2) is 6.04 Å². The smallest absolute Gasteiger partial charge is 0.00757 e. The second-order valence-electron chi connectivity index (χ2n) is 4.59. The maximum absolute atomic E-state index is 6.14.